The Hall–Kier alpha value is -1.05. The third-order valence-corrected chi connectivity index (χ3v) is 6.84. The Balaban J connectivity index is 1.69. The molecule has 0 atom stereocenters. The Morgan fingerprint density at radius 2 is 2.00 bits per heavy atom. The molecule has 0 radical (unpaired) electrons. The fraction of sp³-hybridized carbons (Fsp3) is 0.0667. The summed E-state index contributed by atoms with van der Waals surface area (Å²) in [6.45, 7) is 0. The standard InChI is InChI=1S/C15H11Cl2N3S3/c16-10-2-1-8(3-11(10)17)12-6-23-14(20-12)7-21-9-4-13(15(18)19)22-5-9/h1-6H,7H2,(H3,18,19). The van der Waals surface area contributed by atoms with Gasteiger partial charge >= 0.3 is 0 Å². The van der Waals surface area contributed by atoms with Crippen molar-refractivity contribution in [3.63, 3.8) is 0 Å². The van der Waals surface area contributed by atoms with Gasteiger partial charge in [-0.25, -0.2) is 4.98 Å². The number of hydrogen-bond donors (Lipinski definition) is 2. The molecule has 3 rings (SSSR count). The Morgan fingerprint density at radius 1 is 1.17 bits per heavy atom. The van der Waals surface area contributed by atoms with Crippen molar-refractivity contribution in [1.82, 2.24) is 4.98 Å². The smallest absolute Gasteiger partial charge is 0.133 e. The van der Waals surface area contributed by atoms with Crippen molar-refractivity contribution in [3.8, 4) is 11.3 Å². The van der Waals surface area contributed by atoms with Crippen molar-refractivity contribution in [2.45, 2.75) is 10.6 Å². The summed E-state index contributed by atoms with van der Waals surface area (Å²) in [7, 11) is 0. The molecule has 3 nitrogen and oxygen atoms in total. The monoisotopic (exact) mass is 399 g/mol. The maximum atomic E-state index is 7.42. The molecule has 1 aromatic carbocycles. The predicted molar refractivity (Wildman–Crippen MR) is 102 cm³/mol. The first kappa shape index (κ1) is 16.8. The van der Waals surface area contributed by atoms with Crippen molar-refractivity contribution in [3.05, 3.63) is 55.0 Å². The van der Waals surface area contributed by atoms with Crippen LogP contribution in [0.4, 0.5) is 0 Å². The molecule has 3 aromatic rings. The molecule has 118 valence electrons. The van der Waals surface area contributed by atoms with E-state index >= 15 is 0 Å². The fourth-order valence-electron chi connectivity index (χ4n) is 1.85. The van der Waals surface area contributed by atoms with E-state index in [1.165, 1.54) is 11.3 Å². The number of hydrogen-bond acceptors (Lipinski definition) is 5. The zero-order chi connectivity index (χ0) is 16.4. The van der Waals surface area contributed by atoms with Gasteiger partial charge in [0, 0.05) is 21.2 Å². The molecule has 2 aromatic heterocycles. The lowest BCUT2D eigenvalue weighted by atomic mass is 10.2. The summed E-state index contributed by atoms with van der Waals surface area (Å²) in [6, 6.07) is 7.46. The summed E-state index contributed by atoms with van der Waals surface area (Å²) in [6.07, 6.45) is 0. The minimum absolute atomic E-state index is 0.109. The average molecular weight is 400 g/mol. The van der Waals surface area contributed by atoms with Gasteiger partial charge in [0.2, 0.25) is 0 Å². The highest BCUT2D eigenvalue weighted by Gasteiger charge is 2.08. The zero-order valence-electron chi connectivity index (χ0n) is 11.7. The number of amidine groups is 1. The molecule has 3 N–H and O–H groups in total. The molecular formula is C15H11Cl2N3S3. The Labute approximate surface area is 156 Å². The van der Waals surface area contributed by atoms with Crippen LogP contribution in [0.3, 0.4) is 0 Å². The van der Waals surface area contributed by atoms with Crippen molar-refractivity contribution >= 4 is 63.5 Å². The van der Waals surface area contributed by atoms with Crippen LogP contribution in [0.25, 0.3) is 11.3 Å². The maximum Gasteiger partial charge on any atom is 0.133 e. The van der Waals surface area contributed by atoms with E-state index in [2.05, 4.69) is 4.98 Å². The van der Waals surface area contributed by atoms with E-state index in [0.717, 1.165) is 31.8 Å². The van der Waals surface area contributed by atoms with Crippen LogP contribution in [0.15, 0.2) is 39.9 Å². The molecule has 23 heavy (non-hydrogen) atoms. The molecule has 0 unspecified atom stereocenters. The quantitative estimate of drug-likeness (QED) is 0.325. The molecule has 0 bridgehead atoms. The summed E-state index contributed by atoms with van der Waals surface area (Å²) in [5.41, 5.74) is 7.34. The van der Waals surface area contributed by atoms with E-state index in [-0.39, 0.29) is 5.84 Å². The van der Waals surface area contributed by atoms with E-state index in [1.807, 2.05) is 29.0 Å². The number of thiazole rings is 1. The van der Waals surface area contributed by atoms with E-state index in [0.29, 0.717) is 10.0 Å². The van der Waals surface area contributed by atoms with Gasteiger partial charge in [-0.2, -0.15) is 0 Å². The molecule has 0 aliphatic carbocycles. The average Bonchev–Trinajstić information content (AvgIpc) is 3.17. The highest BCUT2D eigenvalue weighted by molar-refractivity contribution is 7.98. The van der Waals surface area contributed by atoms with Gasteiger partial charge in [0.05, 0.1) is 26.4 Å². The number of thioether (sulfide) groups is 1. The summed E-state index contributed by atoms with van der Waals surface area (Å²) < 4.78 is 0. The molecule has 0 aliphatic rings. The van der Waals surface area contributed by atoms with Crippen LogP contribution in [0, 0.1) is 5.41 Å². The molecule has 0 spiro atoms. The zero-order valence-corrected chi connectivity index (χ0v) is 15.6. The minimum Gasteiger partial charge on any atom is -0.383 e. The molecule has 0 fully saturated rings. The van der Waals surface area contributed by atoms with Gasteiger partial charge in [0.25, 0.3) is 0 Å². The van der Waals surface area contributed by atoms with Gasteiger partial charge in [-0.1, -0.05) is 29.3 Å². The lowest BCUT2D eigenvalue weighted by Gasteiger charge is -1.99. The largest absolute Gasteiger partial charge is 0.383 e. The SMILES string of the molecule is N=C(N)c1cc(SCc2nc(-c3ccc(Cl)c(Cl)c3)cs2)cs1. The van der Waals surface area contributed by atoms with Gasteiger partial charge in [0.1, 0.15) is 10.8 Å². The second-order valence-electron chi connectivity index (χ2n) is 4.60. The Kier molecular flexibility index (Phi) is 5.28. The van der Waals surface area contributed by atoms with Crippen molar-refractivity contribution < 1.29 is 0 Å². The highest BCUT2D eigenvalue weighted by atomic mass is 35.5. The van der Waals surface area contributed by atoms with Gasteiger partial charge in [-0.05, 0) is 18.2 Å². The second kappa shape index (κ2) is 7.23. The number of aromatic nitrogens is 1. The molecule has 0 amide bonds. The number of nitrogen functional groups attached to an aromatic ring is 1. The third kappa shape index (κ3) is 4.08. The van der Waals surface area contributed by atoms with Gasteiger partial charge in [-0.15, -0.1) is 34.4 Å². The van der Waals surface area contributed by atoms with E-state index in [1.54, 1.807) is 29.2 Å². The normalized spacial score (nSPS) is 10.9. The first-order valence-electron chi connectivity index (χ1n) is 6.48. The first-order chi connectivity index (χ1) is 11.0. The van der Waals surface area contributed by atoms with Crippen molar-refractivity contribution in [1.29, 1.82) is 5.41 Å². The van der Waals surface area contributed by atoms with Crippen LogP contribution in [0.5, 0.6) is 0 Å². The van der Waals surface area contributed by atoms with Crippen molar-refractivity contribution in [2.24, 2.45) is 5.73 Å². The topological polar surface area (TPSA) is 62.8 Å². The number of nitrogens with zero attached hydrogens (tertiary/aromatic N) is 1. The number of rotatable bonds is 5. The van der Waals surface area contributed by atoms with Crippen LogP contribution in [0.1, 0.15) is 9.88 Å². The lowest BCUT2D eigenvalue weighted by molar-refractivity contribution is 1.27. The molecule has 2 heterocycles. The number of benzene rings is 1. The van der Waals surface area contributed by atoms with E-state index in [9.17, 15) is 0 Å². The highest BCUT2D eigenvalue weighted by Crippen LogP contribution is 2.32. The van der Waals surface area contributed by atoms with Crippen LogP contribution in [-0.4, -0.2) is 10.8 Å². The molecule has 0 saturated heterocycles. The van der Waals surface area contributed by atoms with Crippen molar-refractivity contribution in [2.75, 3.05) is 0 Å². The summed E-state index contributed by atoms with van der Waals surface area (Å²) in [5.74, 6) is 0.887. The molecule has 8 heteroatoms. The van der Waals surface area contributed by atoms with Gasteiger partial charge in [-0.3, -0.25) is 5.41 Å². The summed E-state index contributed by atoms with van der Waals surface area (Å²) in [5, 5.41) is 13.6. The van der Waals surface area contributed by atoms with Crippen LogP contribution < -0.4 is 5.73 Å². The maximum absolute atomic E-state index is 7.42. The van der Waals surface area contributed by atoms with Crippen LogP contribution >= 0.6 is 57.6 Å². The van der Waals surface area contributed by atoms with Gasteiger partial charge < -0.3 is 5.73 Å². The number of thiophene rings is 1. The Morgan fingerprint density at radius 3 is 2.70 bits per heavy atom. The predicted octanol–water partition coefficient (Wildman–Crippen LogP) is 5.75. The van der Waals surface area contributed by atoms with E-state index < -0.39 is 0 Å². The van der Waals surface area contributed by atoms with Gasteiger partial charge in [0.15, 0.2) is 0 Å². The number of halogens is 2. The molecular weight excluding hydrogens is 389 g/mol. The molecule has 0 saturated carbocycles. The van der Waals surface area contributed by atoms with Crippen LogP contribution in [0.2, 0.25) is 10.0 Å². The minimum atomic E-state index is 0.109. The summed E-state index contributed by atoms with van der Waals surface area (Å²) in [4.78, 5) is 6.54. The van der Waals surface area contributed by atoms with E-state index in [4.69, 9.17) is 34.3 Å². The molecule has 0 aliphatic heterocycles. The lowest BCUT2D eigenvalue weighted by Crippen LogP contribution is -2.08. The number of nitrogens with one attached hydrogen (secondary N) is 1. The fourth-order valence-corrected chi connectivity index (χ4v) is 4.86. The third-order valence-electron chi connectivity index (χ3n) is 2.97. The number of nitrogens with two attached hydrogens (primary N) is 1. The Bertz CT molecular complexity index is 857. The second-order valence-corrected chi connectivity index (χ2v) is 8.32. The first-order valence-corrected chi connectivity index (χ1v) is 9.98. The summed E-state index contributed by atoms with van der Waals surface area (Å²) >= 11 is 16.8. The van der Waals surface area contributed by atoms with Crippen LogP contribution in [-0.2, 0) is 5.75 Å².